The van der Waals surface area contributed by atoms with Crippen LogP contribution in [0.3, 0.4) is 0 Å². The van der Waals surface area contributed by atoms with Crippen molar-refractivity contribution in [2.45, 2.75) is 0 Å². The van der Waals surface area contributed by atoms with Crippen molar-refractivity contribution in [1.82, 2.24) is 25.2 Å². The number of methoxy groups -OCH3 is 1. The first-order valence-electron chi connectivity index (χ1n) is 7.73. The summed E-state index contributed by atoms with van der Waals surface area (Å²) >= 11 is 0. The Morgan fingerprint density at radius 2 is 1.83 bits per heavy atom. The van der Waals surface area contributed by atoms with Gasteiger partial charge in [0.2, 0.25) is 0 Å². The quantitative estimate of drug-likeness (QED) is 0.835. The second kappa shape index (κ2) is 5.36. The van der Waals surface area contributed by atoms with Gasteiger partial charge in [0.05, 0.1) is 12.7 Å². The third-order valence-corrected chi connectivity index (χ3v) is 4.92. The lowest BCUT2D eigenvalue weighted by molar-refractivity contribution is 0.0771. The first-order valence-corrected chi connectivity index (χ1v) is 7.73. The molecule has 0 radical (unpaired) electrons. The van der Waals surface area contributed by atoms with E-state index in [1.54, 1.807) is 17.0 Å². The molecule has 126 valence electrons. The highest BCUT2D eigenvalue weighted by Gasteiger charge is 2.43. The van der Waals surface area contributed by atoms with Crippen LogP contribution >= 0.6 is 0 Å². The van der Waals surface area contributed by atoms with E-state index >= 15 is 0 Å². The van der Waals surface area contributed by atoms with Gasteiger partial charge < -0.3 is 19.6 Å². The average molecular weight is 331 g/mol. The molecule has 2 aliphatic rings. The second-order valence-corrected chi connectivity index (χ2v) is 6.26. The van der Waals surface area contributed by atoms with E-state index in [-0.39, 0.29) is 17.7 Å². The van der Waals surface area contributed by atoms with Gasteiger partial charge in [0.15, 0.2) is 11.3 Å². The van der Waals surface area contributed by atoms with Crippen LogP contribution in [-0.2, 0) is 0 Å². The fourth-order valence-electron chi connectivity index (χ4n) is 3.75. The summed E-state index contributed by atoms with van der Waals surface area (Å²) in [6, 6.07) is 3.43. The van der Waals surface area contributed by atoms with Gasteiger partial charge in [0.25, 0.3) is 5.91 Å². The monoisotopic (exact) mass is 331 g/mol. The van der Waals surface area contributed by atoms with Crippen LogP contribution in [0.1, 0.15) is 10.4 Å². The van der Waals surface area contributed by atoms with Gasteiger partial charge in [-0.1, -0.05) is 0 Å². The van der Waals surface area contributed by atoms with E-state index in [2.05, 4.69) is 15.4 Å². The number of ether oxygens (including phenoxy) is 1. The predicted molar refractivity (Wildman–Crippen MR) is 82.9 cm³/mol. The number of aromatic amines is 1. The van der Waals surface area contributed by atoms with Crippen LogP contribution < -0.4 is 4.74 Å². The minimum Gasteiger partial charge on any atom is -0.493 e. The Morgan fingerprint density at radius 3 is 2.46 bits per heavy atom. The second-order valence-electron chi connectivity index (χ2n) is 6.26. The maximum atomic E-state index is 12.9. The first-order chi connectivity index (χ1) is 11.6. The summed E-state index contributed by atoms with van der Waals surface area (Å²) < 4.78 is 5.38. The Balaban J connectivity index is 1.57. The van der Waals surface area contributed by atoms with Crippen molar-refractivity contribution in [1.29, 1.82) is 0 Å². The van der Waals surface area contributed by atoms with E-state index in [4.69, 9.17) is 9.84 Å². The first kappa shape index (κ1) is 14.7. The van der Waals surface area contributed by atoms with E-state index in [0.29, 0.717) is 48.5 Å². The molecule has 9 nitrogen and oxygen atoms in total. The van der Waals surface area contributed by atoms with Gasteiger partial charge in [-0.15, -0.1) is 0 Å². The lowest BCUT2D eigenvalue weighted by Gasteiger charge is -2.21. The van der Waals surface area contributed by atoms with E-state index in [1.165, 1.54) is 12.0 Å². The smallest absolute Gasteiger partial charge is 0.407 e. The summed E-state index contributed by atoms with van der Waals surface area (Å²) in [6.45, 7) is 2.10. The predicted octanol–water partition coefficient (Wildman–Crippen LogP) is 0.648. The van der Waals surface area contributed by atoms with Gasteiger partial charge >= 0.3 is 6.09 Å². The number of H-pyrrole nitrogens is 1. The van der Waals surface area contributed by atoms with Gasteiger partial charge in [-0.3, -0.25) is 4.79 Å². The maximum absolute atomic E-state index is 12.9. The topological polar surface area (TPSA) is 112 Å². The van der Waals surface area contributed by atoms with Crippen LogP contribution in [0.5, 0.6) is 5.75 Å². The number of fused-ring (bicyclic) bond motifs is 2. The molecular weight excluding hydrogens is 314 g/mol. The molecule has 0 saturated carbocycles. The van der Waals surface area contributed by atoms with Gasteiger partial charge in [-0.25, -0.2) is 4.79 Å². The fraction of sp³-hybridized carbons (Fsp3) is 0.467. The number of amides is 2. The highest BCUT2D eigenvalue weighted by molar-refractivity contribution is 6.02. The number of carbonyl (C=O) groups is 2. The van der Waals surface area contributed by atoms with Crippen molar-refractivity contribution in [3.63, 3.8) is 0 Å². The summed E-state index contributed by atoms with van der Waals surface area (Å²) in [5, 5.41) is 19.6. The molecule has 0 bridgehead atoms. The van der Waals surface area contributed by atoms with Gasteiger partial charge in [-0.2, -0.15) is 15.4 Å². The molecular formula is C15H17N5O4. The number of hydrogen-bond donors (Lipinski definition) is 2. The Bertz CT molecular complexity index is 805. The zero-order chi connectivity index (χ0) is 16.8. The van der Waals surface area contributed by atoms with Crippen molar-refractivity contribution >= 4 is 23.0 Å². The maximum Gasteiger partial charge on any atom is 0.407 e. The number of rotatable bonds is 2. The molecule has 1 aromatic carbocycles. The zero-order valence-corrected chi connectivity index (χ0v) is 13.1. The number of hydrogen-bond acceptors (Lipinski definition) is 5. The Hall–Kier alpha value is -2.84. The number of carbonyl (C=O) groups excluding carboxylic acids is 1. The summed E-state index contributed by atoms with van der Waals surface area (Å²) in [4.78, 5) is 27.2. The van der Waals surface area contributed by atoms with Crippen LogP contribution in [-0.4, -0.2) is 75.6 Å². The van der Waals surface area contributed by atoms with Crippen molar-refractivity contribution in [2.24, 2.45) is 11.8 Å². The van der Waals surface area contributed by atoms with Crippen molar-refractivity contribution in [3.8, 4) is 5.75 Å². The molecule has 24 heavy (non-hydrogen) atoms. The van der Waals surface area contributed by atoms with Gasteiger partial charge in [0, 0.05) is 38.0 Å². The molecule has 2 N–H and O–H groups in total. The summed E-state index contributed by atoms with van der Waals surface area (Å²) in [5.74, 6) is 0.696. The van der Waals surface area contributed by atoms with Gasteiger partial charge in [-0.05, 0) is 12.1 Å². The highest BCUT2D eigenvalue weighted by Crippen LogP contribution is 2.34. The fourth-order valence-corrected chi connectivity index (χ4v) is 3.75. The van der Waals surface area contributed by atoms with Crippen LogP contribution in [0, 0.1) is 11.8 Å². The standard InChI is InChI=1S/C15H17N5O4/c1-24-13-10(2-3-11-12(13)17-18-16-11)14(21)19-4-8-6-20(15(22)23)7-9(8)5-19/h2-3,8-9H,4-7H2,1H3,(H,22,23)(H,16,17,18). The molecule has 2 aromatic rings. The number of benzene rings is 1. The molecule has 0 aliphatic carbocycles. The molecule has 1 aromatic heterocycles. The summed E-state index contributed by atoms with van der Waals surface area (Å²) in [6.07, 6.45) is -0.888. The Kier molecular flexibility index (Phi) is 3.29. The number of nitrogens with zero attached hydrogens (tertiary/aromatic N) is 4. The number of aromatic nitrogens is 3. The third-order valence-electron chi connectivity index (χ3n) is 4.92. The van der Waals surface area contributed by atoms with Crippen molar-refractivity contribution in [3.05, 3.63) is 17.7 Å². The van der Waals surface area contributed by atoms with E-state index in [1.807, 2.05) is 0 Å². The van der Waals surface area contributed by atoms with E-state index < -0.39 is 6.09 Å². The molecule has 4 rings (SSSR count). The molecule has 2 amide bonds. The van der Waals surface area contributed by atoms with Crippen molar-refractivity contribution < 1.29 is 19.4 Å². The minimum absolute atomic E-state index is 0.118. The molecule has 3 heterocycles. The lowest BCUT2D eigenvalue weighted by Crippen LogP contribution is -2.35. The van der Waals surface area contributed by atoms with Crippen molar-refractivity contribution in [2.75, 3.05) is 33.3 Å². The molecule has 2 atom stereocenters. The van der Waals surface area contributed by atoms with Crippen LogP contribution in [0.25, 0.3) is 11.0 Å². The number of likely N-dealkylation sites (tertiary alicyclic amines) is 2. The summed E-state index contributed by atoms with van der Waals surface area (Å²) in [7, 11) is 1.50. The molecule has 2 saturated heterocycles. The van der Waals surface area contributed by atoms with Crippen LogP contribution in [0.4, 0.5) is 4.79 Å². The lowest BCUT2D eigenvalue weighted by atomic mass is 10.0. The Morgan fingerprint density at radius 1 is 1.17 bits per heavy atom. The third kappa shape index (κ3) is 2.15. The molecule has 2 unspecified atom stereocenters. The molecule has 0 spiro atoms. The number of carboxylic acid groups (broad SMARTS) is 1. The number of nitrogens with one attached hydrogen (secondary N) is 1. The average Bonchev–Trinajstić information content (AvgIpc) is 3.26. The Labute approximate surface area is 137 Å². The minimum atomic E-state index is -0.888. The van der Waals surface area contributed by atoms with E-state index in [0.717, 1.165) is 0 Å². The van der Waals surface area contributed by atoms with Crippen LogP contribution in [0.15, 0.2) is 12.1 Å². The van der Waals surface area contributed by atoms with Gasteiger partial charge in [0.1, 0.15) is 5.52 Å². The van der Waals surface area contributed by atoms with Crippen LogP contribution in [0.2, 0.25) is 0 Å². The largest absolute Gasteiger partial charge is 0.493 e. The summed E-state index contributed by atoms with van der Waals surface area (Å²) in [5.41, 5.74) is 1.62. The molecule has 2 fully saturated rings. The molecule has 9 heteroatoms. The highest BCUT2D eigenvalue weighted by atomic mass is 16.5. The van der Waals surface area contributed by atoms with E-state index in [9.17, 15) is 9.59 Å². The SMILES string of the molecule is COc1c(C(=O)N2CC3CN(C(=O)O)CC3C2)ccc2n[nH]nc12. The zero-order valence-electron chi connectivity index (χ0n) is 13.1. The molecule has 2 aliphatic heterocycles. The normalized spacial score (nSPS) is 22.9.